The third-order valence-corrected chi connectivity index (χ3v) is 5.05. The SMILES string of the molecule is CCC(c1cc(OC)c(OC)cc1C(O)c1ccc(OC)c(OC)c1)C(C)(O)O. The first-order valence-electron chi connectivity index (χ1n) is 9.32. The van der Waals surface area contributed by atoms with Gasteiger partial charge in [-0.2, -0.15) is 0 Å². The number of hydrogen-bond acceptors (Lipinski definition) is 7. The van der Waals surface area contributed by atoms with Crippen molar-refractivity contribution in [2.24, 2.45) is 0 Å². The second-order valence-electron chi connectivity index (χ2n) is 6.91. The van der Waals surface area contributed by atoms with Crippen molar-refractivity contribution in [3.63, 3.8) is 0 Å². The van der Waals surface area contributed by atoms with Crippen molar-refractivity contribution in [1.82, 2.24) is 0 Å². The van der Waals surface area contributed by atoms with Gasteiger partial charge in [-0.25, -0.2) is 0 Å². The normalized spacial score (nSPS) is 13.6. The van der Waals surface area contributed by atoms with Crippen molar-refractivity contribution in [1.29, 1.82) is 0 Å². The molecule has 0 saturated heterocycles. The molecule has 0 bridgehead atoms. The van der Waals surface area contributed by atoms with Crippen LogP contribution in [0.2, 0.25) is 0 Å². The molecule has 29 heavy (non-hydrogen) atoms. The fraction of sp³-hybridized carbons (Fsp3) is 0.455. The number of methoxy groups -OCH3 is 4. The summed E-state index contributed by atoms with van der Waals surface area (Å²) in [4.78, 5) is 0. The lowest BCUT2D eigenvalue weighted by molar-refractivity contribution is -0.164. The van der Waals surface area contributed by atoms with Crippen LogP contribution in [0.25, 0.3) is 0 Å². The van der Waals surface area contributed by atoms with Crippen LogP contribution in [0.15, 0.2) is 30.3 Å². The third-order valence-electron chi connectivity index (χ3n) is 5.05. The van der Waals surface area contributed by atoms with E-state index in [1.165, 1.54) is 35.4 Å². The molecule has 0 aliphatic carbocycles. The molecule has 0 saturated carbocycles. The highest BCUT2D eigenvalue weighted by Gasteiger charge is 2.33. The molecule has 0 fully saturated rings. The van der Waals surface area contributed by atoms with Crippen molar-refractivity contribution >= 4 is 0 Å². The van der Waals surface area contributed by atoms with Gasteiger partial charge in [-0.15, -0.1) is 0 Å². The fourth-order valence-electron chi connectivity index (χ4n) is 3.55. The Bertz CT molecular complexity index is 827. The van der Waals surface area contributed by atoms with Gasteiger partial charge in [0, 0.05) is 5.92 Å². The molecular formula is C22H30O7. The number of aliphatic hydroxyl groups excluding tert-OH is 1. The molecular weight excluding hydrogens is 376 g/mol. The van der Waals surface area contributed by atoms with Gasteiger partial charge in [0.1, 0.15) is 6.10 Å². The number of hydrogen-bond donors (Lipinski definition) is 3. The minimum absolute atomic E-state index is 0.429. The van der Waals surface area contributed by atoms with Gasteiger partial charge in [-0.05, 0) is 54.3 Å². The Labute approximate surface area is 171 Å². The van der Waals surface area contributed by atoms with Crippen LogP contribution in [0.1, 0.15) is 49.0 Å². The van der Waals surface area contributed by atoms with E-state index in [1.54, 1.807) is 30.3 Å². The minimum Gasteiger partial charge on any atom is -0.493 e. The highest BCUT2D eigenvalue weighted by Crippen LogP contribution is 2.43. The maximum absolute atomic E-state index is 11.2. The molecule has 2 atom stereocenters. The fourth-order valence-corrected chi connectivity index (χ4v) is 3.55. The van der Waals surface area contributed by atoms with E-state index in [1.807, 2.05) is 6.92 Å². The summed E-state index contributed by atoms with van der Waals surface area (Å²) < 4.78 is 21.4. The van der Waals surface area contributed by atoms with Crippen LogP contribution < -0.4 is 18.9 Å². The van der Waals surface area contributed by atoms with E-state index in [2.05, 4.69) is 0 Å². The summed E-state index contributed by atoms with van der Waals surface area (Å²) in [6.07, 6.45) is -0.633. The van der Waals surface area contributed by atoms with Crippen LogP contribution in [0.3, 0.4) is 0 Å². The van der Waals surface area contributed by atoms with Crippen LogP contribution in [-0.2, 0) is 0 Å². The van der Waals surface area contributed by atoms with Gasteiger partial charge in [0.25, 0.3) is 0 Å². The number of rotatable bonds is 9. The predicted molar refractivity (Wildman–Crippen MR) is 109 cm³/mol. The first-order valence-corrected chi connectivity index (χ1v) is 9.32. The second kappa shape index (κ2) is 9.35. The van der Waals surface area contributed by atoms with Crippen LogP contribution in [-0.4, -0.2) is 49.5 Å². The molecule has 0 radical (unpaired) electrons. The molecule has 2 aromatic rings. The van der Waals surface area contributed by atoms with Crippen molar-refractivity contribution in [2.75, 3.05) is 28.4 Å². The Morgan fingerprint density at radius 2 is 1.28 bits per heavy atom. The van der Waals surface area contributed by atoms with Gasteiger partial charge < -0.3 is 34.3 Å². The minimum atomic E-state index is -1.99. The van der Waals surface area contributed by atoms with Crippen LogP contribution in [0.5, 0.6) is 23.0 Å². The molecule has 0 aromatic heterocycles. The first kappa shape index (κ1) is 22.8. The molecule has 0 amide bonds. The van der Waals surface area contributed by atoms with Gasteiger partial charge in [0.2, 0.25) is 0 Å². The molecule has 7 heteroatoms. The average Bonchev–Trinajstić information content (AvgIpc) is 2.71. The summed E-state index contributed by atoms with van der Waals surface area (Å²) in [5.74, 6) is -0.757. The number of aliphatic hydroxyl groups is 3. The monoisotopic (exact) mass is 406 g/mol. The van der Waals surface area contributed by atoms with Gasteiger partial charge in [0.15, 0.2) is 28.8 Å². The predicted octanol–water partition coefficient (Wildman–Crippen LogP) is 3.00. The van der Waals surface area contributed by atoms with E-state index in [-0.39, 0.29) is 0 Å². The molecule has 7 nitrogen and oxygen atoms in total. The Kier molecular flexibility index (Phi) is 7.35. The van der Waals surface area contributed by atoms with Gasteiger partial charge >= 0.3 is 0 Å². The Morgan fingerprint density at radius 1 is 0.793 bits per heavy atom. The quantitative estimate of drug-likeness (QED) is 0.551. The highest BCUT2D eigenvalue weighted by molar-refractivity contribution is 5.53. The molecule has 0 aliphatic heterocycles. The second-order valence-corrected chi connectivity index (χ2v) is 6.91. The van der Waals surface area contributed by atoms with Crippen molar-refractivity contribution < 1.29 is 34.3 Å². The van der Waals surface area contributed by atoms with E-state index in [0.717, 1.165) is 0 Å². The van der Waals surface area contributed by atoms with E-state index in [4.69, 9.17) is 18.9 Å². The van der Waals surface area contributed by atoms with Crippen LogP contribution in [0, 0.1) is 0 Å². The largest absolute Gasteiger partial charge is 0.493 e. The highest BCUT2D eigenvalue weighted by atomic mass is 16.5. The van der Waals surface area contributed by atoms with Gasteiger partial charge in [-0.3, -0.25) is 0 Å². The zero-order valence-corrected chi connectivity index (χ0v) is 17.7. The van der Waals surface area contributed by atoms with E-state index < -0.39 is 17.8 Å². The van der Waals surface area contributed by atoms with Crippen molar-refractivity contribution in [3.8, 4) is 23.0 Å². The molecule has 0 aliphatic rings. The Hall–Kier alpha value is -2.48. The third kappa shape index (κ3) is 4.75. The van der Waals surface area contributed by atoms with Gasteiger partial charge in [0.05, 0.1) is 28.4 Å². The van der Waals surface area contributed by atoms with Gasteiger partial charge in [-0.1, -0.05) is 13.0 Å². The zero-order valence-electron chi connectivity index (χ0n) is 17.7. The maximum Gasteiger partial charge on any atom is 0.166 e. The maximum atomic E-state index is 11.2. The smallest absolute Gasteiger partial charge is 0.166 e. The summed E-state index contributed by atoms with van der Waals surface area (Å²) in [6, 6.07) is 8.45. The Balaban J connectivity index is 2.68. The van der Waals surface area contributed by atoms with Crippen LogP contribution >= 0.6 is 0 Å². The summed E-state index contributed by atoms with van der Waals surface area (Å²) in [7, 11) is 6.06. The first-order chi connectivity index (χ1) is 13.7. The molecule has 0 spiro atoms. The topological polar surface area (TPSA) is 97.6 Å². The summed E-state index contributed by atoms with van der Waals surface area (Å²) in [5.41, 5.74) is 1.60. The lowest BCUT2D eigenvalue weighted by atomic mass is 9.83. The summed E-state index contributed by atoms with van der Waals surface area (Å²) in [5, 5.41) is 31.8. The lowest BCUT2D eigenvalue weighted by Crippen LogP contribution is -2.33. The lowest BCUT2D eigenvalue weighted by Gasteiger charge is -2.31. The molecule has 2 unspecified atom stereocenters. The number of benzene rings is 2. The molecule has 2 aromatic carbocycles. The Morgan fingerprint density at radius 3 is 1.72 bits per heavy atom. The summed E-state index contributed by atoms with van der Waals surface area (Å²) in [6.45, 7) is 3.17. The van der Waals surface area contributed by atoms with Crippen LogP contribution in [0.4, 0.5) is 0 Å². The molecule has 0 heterocycles. The number of ether oxygens (including phenoxy) is 4. The van der Waals surface area contributed by atoms with Crippen molar-refractivity contribution in [3.05, 3.63) is 47.0 Å². The molecule has 3 N–H and O–H groups in total. The van der Waals surface area contributed by atoms with E-state index >= 15 is 0 Å². The summed E-state index contributed by atoms with van der Waals surface area (Å²) >= 11 is 0. The van der Waals surface area contributed by atoms with Crippen molar-refractivity contribution in [2.45, 2.75) is 38.1 Å². The average molecular weight is 406 g/mol. The van der Waals surface area contributed by atoms with E-state index in [0.29, 0.717) is 46.1 Å². The molecule has 160 valence electrons. The standard InChI is InChI=1S/C22H30O7/c1-7-16(22(2,24)25)14-11-19(28-5)20(29-6)12-15(14)21(23)13-8-9-17(26-3)18(10-13)27-4/h8-12,16,21,23-25H,7H2,1-6H3. The zero-order chi connectivity index (χ0) is 21.8. The molecule has 2 rings (SSSR count). The van der Waals surface area contributed by atoms with E-state index in [9.17, 15) is 15.3 Å².